The maximum absolute atomic E-state index is 15.5. The fourth-order valence-corrected chi connectivity index (χ4v) is 3.56. The Kier molecular flexibility index (Phi) is 5.00. The first-order chi connectivity index (χ1) is 11.5. The summed E-state index contributed by atoms with van der Waals surface area (Å²) in [6.45, 7) is 1.35. The minimum absolute atomic E-state index is 0.0400. The molecule has 1 saturated heterocycles. The van der Waals surface area contributed by atoms with E-state index >= 15 is 4.39 Å². The van der Waals surface area contributed by atoms with Crippen molar-refractivity contribution < 1.29 is 38.2 Å². The van der Waals surface area contributed by atoms with E-state index in [1.807, 2.05) is 4.98 Å². The number of alkyl halides is 1. The number of phosphoric acid groups is 1. The van der Waals surface area contributed by atoms with Crippen LogP contribution in [-0.2, 0) is 19.4 Å². The molecule has 1 aliphatic rings. The predicted molar refractivity (Wildman–Crippen MR) is 92.5 cm³/mol. The lowest BCUT2D eigenvalue weighted by Gasteiger charge is -2.39. The van der Waals surface area contributed by atoms with Crippen molar-refractivity contribution in [1.82, 2.24) is 9.55 Å². The van der Waals surface area contributed by atoms with Gasteiger partial charge < -0.3 is 24.7 Å². The molecule has 142 valence electrons. The highest BCUT2D eigenvalue weighted by Gasteiger charge is 2.68. The zero-order chi connectivity index (χ0) is 20.3. The summed E-state index contributed by atoms with van der Waals surface area (Å²) in [6.07, 6.45) is -3.39. The van der Waals surface area contributed by atoms with Gasteiger partial charge in [-0.2, -0.15) is 0 Å². The first-order valence-corrected chi connectivity index (χ1v) is 8.93. The highest BCUT2D eigenvalue weighted by atomic mass is 31.2. The number of rotatable bonds is 4. The number of hydrogen-bond donors (Lipinski definition) is 5. The third-order valence-corrected chi connectivity index (χ3v) is 5.04. The van der Waals surface area contributed by atoms with Crippen molar-refractivity contribution in [3.8, 4) is 0 Å². The van der Waals surface area contributed by atoms with Crippen molar-refractivity contribution in [2.45, 2.75) is 36.0 Å². The maximum Gasteiger partial charge on any atom is 0.468 e. The molecule has 2 rings (SSSR count). The minimum Gasteiger partial charge on any atom is -0.386 e. The van der Waals surface area contributed by atoms with E-state index < -0.39 is 48.2 Å². The van der Waals surface area contributed by atoms with Gasteiger partial charge in [-0.25, -0.2) is 13.8 Å². The van der Waals surface area contributed by atoms with Gasteiger partial charge in [0.05, 0.1) is 5.40 Å². The summed E-state index contributed by atoms with van der Waals surface area (Å²) < 4.78 is 36.8. The quantitative estimate of drug-likeness (QED) is 0.248. The Labute approximate surface area is 148 Å². The van der Waals surface area contributed by atoms with E-state index in [1.165, 1.54) is 6.92 Å². The number of aliphatic hydroxyl groups excluding tert-OH is 2. The second kappa shape index (κ2) is 6.16. The van der Waals surface area contributed by atoms with Crippen molar-refractivity contribution in [1.29, 1.82) is 0 Å². The first kappa shape index (κ1) is 21.1. The van der Waals surface area contributed by atoms with Gasteiger partial charge in [0.25, 0.3) is 11.4 Å². The van der Waals surface area contributed by atoms with Crippen LogP contribution in [0.5, 0.6) is 0 Å². The number of H-pyrrole nitrogens is 1. The smallest absolute Gasteiger partial charge is 0.386 e. The Morgan fingerprint density at radius 2 is 1.92 bits per heavy atom. The van der Waals surface area contributed by atoms with Crippen molar-refractivity contribution in [2.24, 2.45) is 0 Å². The van der Waals surface area contributed by atoms with E-state index in [0.29, 0.717) is 4.57 Å². The maximum atomic E-state index is 15.5. The average molecular weight is 392 g/mol. The Morgan fingerprint density at radius 1 is 1.38 bits per heavy atom. The third-order valence-electron chi connectivity index (χ3n) is 4.35. The molecular formula is C10H17B3FN2O9P. The van der Waals surface area contributed by atoms with E-state index in [1.54, 1.807) is 0 Å². The van der Waals surface area contributed by atoms with Crippen LogP contribution >= 0.6 is 7.82 Å². The normalized spacial score (nSPS) is 32.7. The fourth-order valence-electron chi connectivity index (χ4n) is 2.84. The molecule has 0 unspecified atom stereocenters. The first-order valence-electron chi connectivity index (χ1n) is 7.40. The summed E-state index contributed by atoms with van der Waals surface area (Å²) in [7, 11) is -2.34. The van der Waals surface area contributed by atoms with E-state index in [-0.39, 0.29) is 5.56 Å². The molecule has 0 saturated carbocycles. The second-order valence-corrected chi connectivity index (χ2v) is 7.89. The number of aromatic nitrogens is 2. The molecular weight excluding hydrogens is 375 g/mol. The molecule has 2 heterocycles. The molecule has 26 heavy (non-hydrogen) atoms. The Balaban J connectivity index is 2.59. The summed E-state index contributed by atoms with van der Waals surface area (Å²) in [5.74, 6) is -3.31. The fraction of sp³-hybridized carbons (Fsp3) is 0.600. The number of aliphatic hydroxyl groups is 2. The number of halogens is 1. The van der Waals surface area contributed by atoms with Gasteiger partial charge in [-0.05, 0) is 6.92 Å². The van der Waals surface area contributed by atoms with Gasteiger partial charge in [-0.15, -0.1) is 0 Å². The molecule has 1 aromatic heterocycles. The average Bonchev–Trinajstić information content (AvgIpc) is 2.63. The van der Waals surface area contributed by atoms with Gasteiger partial charge in [-0.3, -0.25) is 18.9 Å². The van der Waals surface area contributed by atoms with Crippen LogP contribution in [0.3, 0.4) is 0 Å². The summed E-state index contributed by atoms with van der Waals surface area (Å²) in [4.78, 5) is 43.5. The number of nitrogens with one attached hydrogen (secondary N) is 1. The van der Waals surface area contributed by atoms with Gasteiger partial charge >= 0.3 is 13.5 Å². The van der Waals surface area contributed by atoms with Crippen LogP contribution < -0.4 is 11.2 Å². The Bertz CT molecular complexity index is 887. The third kappa shape index (κ3) is 3.24. The van der Waals surface area contributed by atoms with Gasteiger partial charge in [0, 0.05) is 11.8 Å². The topological polar surface area (TPSA) is 171 Å². The van der Waals surface area contributed by atoms with E-state index in [2.05, 4.69) is 4.52 Å². The van der Waals surface area contributed by atoms with Crippen LogP contribution in [0.2, 0.25) is 0 Å². The van der Waals surface area contributed by atoms with E-state index in [4.69, 9.17) is 14.5 Å². The van der Waals surface area contributed by atoms with Gasteiger partial charge in [-0.1, -0.05) is 0 Å². The molecule has 11 nitrogen and oxygen atoms in total. The lowest BCUT2D eigenvalue weighted by atomic mass is 9.59. The van der Waals surface area contributed by atoms with Crippen LogP contribution in [0.25, 0.3) is 0 Å². The number of aromatic amines is 1. The zero-order valence-corrected chi connectivity index (χ0v) is 15.2. The van der Waals surface area contributed by atoms with Gasteiger partial charge in [0.15, 0.2) is 7.85 Å². The van der Waals surface area contributed by atoms with Crippen molar-refractivity contribution in [3.05, 3.63) is 32.6 Å². The molecule has 5 N–H and O–H groups in total. The summed E-state index contributed by atoms with van der Waals surface area (Å²) in [5.41, 5.74) is -3.93. The molecule has 0 radical (unpaired) electrons. The molecule has 1 fully saturated rings. The SMILES string of the molecule is BC(B)(OP(=O)(O)O)[C@@]1(F)O[C@@](B)(n2cc(C)c(=O)[nH]c2=O)[C@H](O)[C@@H]1O. The number of aryl methyl sites for hydroxylation is 1. The molecule has 0 amide bonds. The largest absolute Gasteiger partial charge is 0.468 e. The highest BCUT2D eigenvalue weighted by molar-refractivity contribution is 7.46. The molecule has 0 spiro atoms. The molecule has 0 bridgehead atoms. The highest BCUT2D eigenvalue weighted by Crippen LogP contribution is 2.50. The van der Waals surface area contributed by atoms with E-state index in [0.717, 1.165) is 29.7 Å². The van der Waals surface area contributed by atoms with Gasteiger partial charge in [0.1, 0.15) is 33.5 Å². The standard InChI is InChI=1S/C10H17B3FN2O9P/c1-3-2-16(7(20)15-6(3)19)9(11)5(18)4(17)8(14,24-9)10(12,13)25-26(21,22)23/h2,4-5,17-18H,11-13H2,1H3,(H,15,19,20)(H2,21,22,23)/t4-,5+,8-,9-/m0/s1. The number of phosphoric ester groups is 1. The van der Waals surface area contributed by atoms with Crippen LogP contribution in [0, 0.1) is 6.92 Å². The monoisotopic (exact) mass is 392 g/mol. The lowest BCUT2D eigenvalue weighted by molar-refractivity contribution is -0.240. The molecule has 1 aromatic rings. The second-order valence-electron chi connectivity index (χ2n) is 6.72. The van der Waals surface area contributed by atoms with Crippen LogP contribution in [0.15, 0.2) is 15.8 Å². The summed E-state index contributed by atoms with van der Waals surface area (Å²) >= 11 is 0. The van der Waals surface area contributed by atoms with Crippen LogP contribution in [0.1, 0.15) is 5.56 Å². The number of hydrogen-bond acceptors (Lipinski definition) is 7. The van der Waals surface area contributed by atoms with Crippen molar-refractivity contribution in [2.75, 3.05) is 0 Å². The summed E-state index contributed by atoms with van der Waals surface area (Å²) in [5, 5.41) is 18.1. The van der Waals surface area contributed by atoms with Crippen molar-refractivity contribution >= 4 is 31.4 Å². The van der Waals surface area contributed by atoms with E-state index in [9.17, 15) is 24.4 Å². The molecule has 1 aliphatic heterocycles. The Hall–Kier alpha value is -1.21. The number of ether oxygens (including phenoxy) is 1. The predicted octanol–water partition coefficient (Wildman–Crippen LogP) is -5.46. The zero-order valence-electron chi connectivity index (χ0n) is 14.3. The summed E-state index contributed by atoms with van der Waals surface area (Å²) in [6, 6.07) is 0. The van der Waals surface area contributed by atoms with Gasteiger partial charge in [0.2, 0.25) is 0 Å². The lowest BCUT2D eigenvalue weighted by Crippen LogP contribution is -2.60. The molecule has 16 heteroatoms. The van der Waals surface area contributed by atoms with Crippen LogP contribution in [0.4, 0.5) is 4.39 Å². The van der Waals surface area contributed by atoms with Crippen LogP contribution in [-0.4, -0.2) is 76.6 Å². The molecule has 0 aromatic carbocycles. The number of nitrogens with zero attached hydrogens (tertiary/aromatic N) is 1. The molecule has 0 aliphatic carbocycles. The Morgan fingerprint density at radius 3 is 2.42 bits per heavy atom. The van der Waals surface area contributed by atoms with Crippen molar-refractivity contribution in [3.63, 3.8) is 0 Å². The molecule has 4 atom stereocenters. The minimum atomic E-state index is -5.19.